The Balaban J connectivity index is 0.00000146. The Morgan fingerprint density at radius 3 is 2.10 bits per heavy atom. The fourth-order valence-electron chi connectivity index (χ4n) is 10.5. The summed E-state index contributed by atoms with van der Waals surface area (Å²) in [5, 5.41) is 53.4. The fourth-order valence-corrected chi connectivity index (χ4v) is 10.5. The Hall–Kier alpha value is -1.21. The monoisotopic (exact) mass is 849 g/mol. The molecule has 5 rings (SSSR count). The van der Waals surface area contributed by atoms with Crippen molar-refractivity contribution in [3.05, 3.63) is 12.2 Å². The zero-order chi connectivity index (χ0) is 43.5. The molecule has 5 aliphatic heterocycles. The van der Waals surface area contributed by atoms with Crippen molar-refractivity contribution in [1.82, 2.24) is 5.48 Å². The maximum absolute atomic E-state index is 14.4. The van der Waals surface area contributed by atoms with Crippen LogP contribution in [0.5, 0.6) is 0 Å². The number of rotatable bonds is 12. The van der Waals surface area contributed by atoms with E-state index in [2.05, 4.69) is 26.5 Å². The number of Topliss-reactive ketones (excluding diaryl/α,β-unsaturated/α-hetero) is 1. The predicted octanol–water partition coefficient (Wildman–Crippen LogP) is 0.901. The first kappa shape index (κ1) is 52.1. The van der Waals surface area contributed by atoms with E-state index in [0.29, 0.717) is 57.8 Å². The van der Waals surface area contributed by atoms with Crippen molar-refractivity contribution in [1.29, 1.82) is 0 Å². The van der Waals surface area contributed by atoms with Crippen LogP contribution < -0.4 is 45.9 Å². The fraction of sp³-hybridized carbons (Fsp3) is 0.884. The van der Waals surface area contributed by atoms with Crippen molar-refractivity contribution in [3.8, 4) is 0 Å². The summed E-state index contributed by atoms with van der Waals surface area (Å²) in [5.74, 6) is -6.24. The SMILES string of the molecule is CCC(C(=O)[O-])C1CCC(C)C(C(C)C(O)C(C)C(=O)C(CC)C2OC3(C=CC(O)C4(CCC(C)(C5CCC(O)(CC)C(C)O5)O4)O3)C(C)CC2C)O1.NC(=O)NO.[Na+]. The van der Waals surface area contributed by atoms with Crippen LogP contribution in [0.2, 0.25) is 0 Å². The third-order valence-electron chi connectivity index (χ3n) is 14.5. The molecule has 0 aromatic carbocycles. The molecule has 2 spiro atoms. The largest absolute Gasteiger partial charge is 1.00 e. The maximum Gasteiger partial charge on any atom is 1.00 e. The summed E-state index contributed by atoms with van der Waals surface area (Å²) in [6, 6.07) is -0.940. The Morgan fingerprint density at radius 1 is 0.932 bits per heavy atom. The number of ether oxygens (including phenoxy) is 5. The zero-order valence-electron chi connectivity index (χ0n) is 37.3. The number of urea groups is 1. The van der Waals surface area contributed by atoms with Crippen LogP contribution in [0.25, 0.3) is 0 Å². The van der Waals surface area contributed by atoms with Crippen molar-refractivity contribution in [3.63, 3.8) is 0 Å². The topological polar surface area (TPSA) is 239 Å². The van der Waals surface area contributed by atoms with E-state index in [4.69, 9.17) is 28.9 Å². The van der Waals surface area contributed by atoms with Gasteiger partial charge in [0.1, 0.15) is 11.9 Å². The summed E-state index contributed by atoms with van der Waals surface area (Å²) >= 11 is 0. The van der Waals surface area contributed by atoms with Gasteiger partial charge >= 0.3 is 35.6 Å². The third-order valence-corrected chi connectivity index (χ3v) is 14.5. The molecule has 7 N–H and O–H groups in total. The molecule has 0 saturated carbocycles. The molecule has 18 atom stereocenters. The second-order valence-corrected chi connectivity index (χ2v) is 18.4. The summed E-state index contributed by atoms with van der Waals surface area (Å²) in [4.78, 5) is 35.5. The van der Waals surface area contributed by atoms with Crippen LogP contribution in [-0.2, 0) is 33.3 Å². The molecule has 4 saturated heterocycles. The van der Waals surface area contributed by atoms with Gasteiger partial charge in [0.2, 0.25) is 5.79 Å². The first-order valence-electron chi connectivity index (χ1n) is 21.7. The number of carboxylic acids is 1. The number of hydrogen-bond donors (Lipinski definition) is 6. The number of hydroxylamine groups is 1. The van der Waals surface area contributed by atoms with E-state index in [-0.39, 0.29) is 65.3 Å². The van der Waals surface area contributed by atoms with Gasteiger partial charge in [0.05, 0.1) is 47.8 Å². The summed E-state index contributed by atoms with van der Waals surface area (Å²) < 4.78 is 33.4. The van der Waals surface area contributed by atoms with Gasteiger partial charge in [-0.05, 0) is 95.6 Å². The number of aliphatic hydroxyl groups excluding tert-OH is 2. The second-order valence-electron chi connectivity index (χ2n) is 18.4. The number of aliphatic carboxylic acids is 1. The number of carboxylic acid groups (broad SMARTS) is 1. The predicted molar refractivity (Wildman–Crippen MR) is 211 cm³/mol. The van der Waals surface area contributed by atoms with E-state index in [0.717, 1.165) is 6.42 Å². The number of nitrogens with two attached hydrogens (primary N) is 1. The number of ketones is 1. The molecule has 0 bridgehead atoms. The average Bonchev–Trinajstić information content (AvgIpc) is 3.53. The number of amides is 2. The van der Waals surface area contributed by atoms with Crippen molar-refractivity contribution in [2.75, 3.05) is 0 Å². The summed E-state index contributed by atoms with van der Waals surface area (Å²) in [7, 11) is 0. The van der Waals surface area contributed by atoms with E-state index in [1.54, 1.807) is 19.1 Å². The Kier molecular flexibility index (Phi) is 18.5. The minimum absolute atomic E-state index is 0. The Labute approximate surface area is 373 Å². The number of primary amides is 1. The van der Waals surface area contributed by atoms with Crippen LogP contribution in [0, 0.1) is 41.4 Å². The first-order valence-corrected chi connectivity index (χ1v) is 21.7. The molecule has 334 valence electrons. The van der Waals surface area contributed by atoms with E-state index in [1.165, 1.54) is 5.48 Å². The molecule has 0 aliphatic carbocycles. The van der Waals surface area contributed by atoms with Gasteiger partial charge in [-0.15, -0.1) is 0 Å². The Bertz CT molecular complexity index is 1460. The average molecular weight is 849 g/mol. The third kappa shape index (κ3) is 10.9. The van der Waals surface area contributed by atoms with Gasteiger partial charge in [-0.3, -0.25) is 10.0 Å². The molecule has 0 aromatic rings. The molecular formula is C43H73N2NaO13. The van der Waals surface area contributed by atoms with Gasteiger partial charge in [0.15, 0.2) is 5.79 Å². The van der Waals surface area contributed by atoms with E-state index in [1.807, 2.05) is 41.5 Å². The molecule has 15 nitrogen and oxygen atoms in total. The van der Waals surface area contributed by atoms with Crippen LogP contribution in [0.4, 0.5) is 4.79 Å². The summed E-state index contributed by atoms with van der Waals surface area (Å²) in [5.41, 5.74) is 3.82. The van der Waals surface area contributed by atoms with Gasteiger partial charge in [-0.1, -0.05) is 55.4 Å². The molecular weight excluding hydrogens is 775 g/mol. The first-order chi connectivity index (χ1) is 27.1. The van der Waals surface area contributed by atoms with Crippen LogP contribution in [-0.4, -0.2) is 104 Å². The minimum Gasteiger partial charge on any atom is -0.550 e. The number of carbonyl (C=O) groups excluding carboxylic acids is 3. The molecule has 59 heavy (non-hydrogen) atoms. The minimum atomic E-state index is -1.37. The van der Waals surface area contributed by atoms with Crippen LogP contribution >= 0.6 is 0 Å². The Morgan fingerprint density at radius 2 is 1.56 bits per heavy atom. The standard InChI is InChI=1S/C42H70O11.CH4N2O2.Na/c1-11-29(38(46)47)31-15-14-23(4)36(50-31)27(8)34(44)26(7)35(45)30(12-2)37-24(5)22-25(6)41(51-37)19-16-32(43)42(53-41)21-20-39(10,52-42)33-17-18-40(48,13-3)28(9)49-33;2-1(4)3-5;/h16,19,23-34,36-37,43-44,48H,11-15,17-18,20-22H2,1-10H3,(H,46,47);5H,(H3,2,3,4);/q;;+1/p-1. The van der Waals surface area contributed by atoms with Crippen LogP contribution in [0.15, 0.2) is 12.2 Å². The van der Waals surface area contributed by atoms with Crippen LogP contribution in [0.3, 0.4) is 0 Å². The van der Waals surface area contributed by atoms with Gasteiger partial charge in [0.25, 0.3) is 0 Å². The molecule has 16 heteroatoms. The summed E-state index contributed by atoms with van der Waals surface area (Å²) in [6.07, 6.45) is 5.22. The molecule has 0 aromatic heterocycles. The van der Waals surface area contributed by atoms with E-state index >= 15 is 0 Å². The quantitative estimate of drug-likeness (QED) is 0.0694. The van der Waals surface area contributed by atoms with Crippen LogP contribution in [0.1, 0.15) is 133 Å². The van der Waals surface area contributed by atoms with Crippen molar-refractivity contribution >= 4 is 17.8 Å². The molecule has 18 unspecified atom stereocenters. The molecule has 5 aliphatic rings. The van der Waals surface area contributed by atoms with Gasteiger partial charge < -0.3 is 54.6 Å². The van der Waals surface area contributed by atoms with E-state index < -0.39 is 89.0 Å². The van der Waals surface area contributed by atoms with Gasteiger partial charge in [-0.25, -0.2) is 10.3 Å². The van der Waals surface area contributed by atoms with Crippen molar-refractivity contribution in [2.24, 2.45) is 47.2 Å². The second kappa shape index (κ2) is 21.0. The number of hydrogen-bond acceptors (Lipinski definition) is 13. The van der Waals surface area contributed by atoms with Crippen molar-refractivity contribution in [2.45, 2.75) is 199 Å². The molecule has 0 radical (unpaired) electrons. The van der Waals surface area contributed by atoms with Gasteiger partial charge in [0, 0.05) is 42.0 Å². The molecule has 4 fully saturated rings. The smallest absolute Gasteiger partial charge is 0.550 e. The van der Waals surface area contributed by atoms with Gasteiger partial charge in [-0.2, -0.15) is 0 Å². The normalized spacial score (nSPS) is 42.0. The number of nitrogens with one attached hydrogen (secondary N) is 1. The molecule has 5 heterocycles. The van der Waals surface area contributed by atoms with Crippen molar-refractivity contribution < 1.29 is 93.3 Å². The maximum atomic E-state index is 14.4. The molecule has 2 amide bonds. The zero-order valence-corrected chi connectivity index (χ0v) is 39.3. The van der Waals surface area contributed by atoms with E-state index in [9.17, 15) is 34.8 Å². The number of aliphatic hydroxyl groups is 3. The summed E-state index contributed by atoms with van der Waals surface area (Å²) in [6.45, 7) is 19.5. The number of carbonyl (C=O) groups is 3.